The van der Waals surface area contributed by atoms with Crippen LogP contribution in [0.25, 0.3) is 6.08 Å². The average molecular weight is 163 g/mol. The lowest BCUT2D eigenvalue weighted by Crippen LogP contribution is -2.18. The van der Waals surface area contributed by atoms with Gasteiger partial charge in [-0.15, -0.1) is 0 Å². The van der Waals surface area contributed by atoms with Gasteiger partial charge in [0.15, 0.2) is 0 Å². The Bertz CT molecular complexity index is 333. The van der Waals surface area contributed by atoms with E-state index >= 15 is 0 Å². The van der Waals surface area contributed by atoms with Gasteiger partial charge in [0.2, 0.25) is 0 Å². The van der Waals surface area contributed by atoms with E-state index in [1.807, 2.05) is 6.07 Å². The largest absolute Gasteiger partial charge is 0.506 e. The molecule has 3 heteroatoms. The van der Waals surface area contributed by atoms with Gasteiger partial charge in [-0.3, -0.25) is 0 Å². The Kier molecular flexibility index (Phi) is 1.52. The van der Waals surface area contributed by atoms with E-state index in [1.54, 1.807) is 24.3 Å². The van der Waals surface area contributed by atoms with Crippen LogP contribution in [0, 0.1) is 0 Å². The molecule has 0 spiro atoms. The van der Waals surface area contributed by atoms with Crippen LogP contribution in [0.3, 0.4) is 0 Å². The van der Waals surface area contributed by atoms with Crippen LogP contribution < -0.4 is 5.32 Å². The molecule has 62 valence electrons. The first-order valence-corrected chi connectivity index (χ1v) is 3.72. The molecule has 1 atom stereocenters. The van der Waals surface area contributed by atoms with Crippen molar-refractivity contribution >= 4 is 11.8 Å². The minimum Gasteiger partial charge on any atom is -0.506 e. The highest BCUT2D eigenvalue weighted by Crippen LogP contribution is 2.30. The zero-order valence-electron chi connectivity index (χ0n) is 6.36. The normalized spacial score (nSPS) is 19.9. The van der Waals surface area contributed by atoms with E-state index in [0.717, 1.165) is 5.56 Å². The lowest BCUT2D eigenvalue weighted by atomic mass is 10.1. The van der Waals surface area contributed by atoms with Crippen LogP contribution in [-0.4, -0.2) is 16.4 Å². The van der Waals surface area contributed by atoms with Gasteiger partial charge in [0, 0.05) is 5.56 Å². The minimum absolute atomic E-state index is 0.163. The molecule has 3 nitrogen and oxygen atoms in total. The molecule has 0 radical (unpaired) electrons. The fourth-order valence-corrected chi connectivity index (χ4v) is 1.24. The van der Waals surface area contributed by atoms with E-state index in [-0.39, 0.29) is 5.75 Å². The number of phenolic OH excluding ortho intramolecular Hbond substituents is 1. The van der Waals surface area contributed by atoms with E-state index in [4.69, 9.17) is 0 Å². The SMILES string of the molecule is Oc1cccc2c1NC(O)C=C2. The summed E-state index contributed by atoms with van der Waals surface area (Å²) in [6.07, 6.45) is 2.70. The van der Waals surface area contributed by atoms with E-state index in [9.17, 15) is 10.2 Å². The Morgan fingerprint density at radius 1 is 1.33 bits per heavy atom. The fourth-order valence-electron chi connectivity index (χ4n) is 1.24. The number of hydrogen-bond donors (Lipinski definition) is 3. The van der Waals surface area contributed by atoms with Crippen molar-refractivity contribution in [3.63, 3.8) is 0 Å². The summed E-state index contributed by atoms with van der Waals surface area (Å²) < 4.78 is 0. The van der Waals surface area contributed by atoms with Crippen LogP contribution in [-0.2, 0) is 0 Å². The third kappa shape index (κ3) is 1.04. The first kappa shape index (κ1) is 7.18. The van der Waals surface area contributed by atoms with Crippen molar-refractivity contribution < 1.29 is 10.2 Å². The molecule has 2 rings (SSSR count). The Morgan fingerprint density at radius 3 is 3.00 bits per heavy atom. The highest BCUT2D eigenvalue weighted by atomic mass is 16.3. The van der Waals surface area contributed by atoms with Crippen LogP contribution in [0.5, 0.6) is 5.75 Å². The number of aromatic hydroxyl groups is 1. The Morgan fingerprint density at radius 2 is 2.17 bits per heavy atom. The van der Waals surface area contributed by atoms with Gasteiger partial charge < -0.3 is 15.5 Å². The first-order chi connectivity index (χ1) is 5.77. The zero-order chi connectivity index (χ0) is 8.55. The molecular formula is C9H9NO2. The number of aliphatic hydroxyl groups is 1. The molecule has 0 aromatic heterocycles. The summed E-state index contributed by atoms with van der Waals surface area (Å²) in [5, 5.41) is 21.3. The monoisotopic (exact) mass is 163 g/mol. The molecule has 1 aromatic rings. The smallest absolute Gasteiger partial charge is 0.144 e. The summed E-state index contributed by atoms with van der Waals surface area (Å²) in [7, 11) is 0. The molecular weight excluding hydrogens is 154 g/mol. The summed E-state index contributed by atoms with van der Waals surface area (Å²) in [6.45, 7) is 0. The predicted molar refractivity (Wildman–Crippen MR) is 46.8 cm³/mol. The summed E-state index contributed by atoms with van der Waals surface area (Å²) in [5.74, 6) is 0.163. The number of aliphatic hydroxyl groups excluding tert-OH is 1. The number of phenols is 1. The van der Waals surface area contributed by atoms with Gasteiger partial charge in [0.1, 0.15) is 12.0 Å². The highest BCUT2D eigenvalue weighted by Gasteiger charge is 2.12. The van der Waals surface area contributed by atoms with Crippen LogP contribution in [0.2, 0.25) is 0 Å². The number of fused-ring (bicyclic) bond motifs is 1. The zero-order valence-corrected chi connectivity index (χ0v) is 6.36. The van der Waals surface area contributed by atoms with Crippen molar-refractivity contribution in [1.29, 1.82) is 0 Å². The van der Waals surface area contributed by atoms with Crippen molar-refractivity contribution in [1.82, 2.24) is 0 Å². The van der Waals surface area contributed by atoms with Crippen LogP contribution in [0.4, 0.5) is 5.69 Å². The maximum Gasteiger partial charge on any atom is 0.144 e. The van der Waals surface area contributed by atoms with E-state index in [1.165, 1.54) is 0 Å². The van der Waals surface area contributed by atoms with E-state index in [2.05, 4.69) is 5.32 Å². The molecule has 0 bridgehead atoms. The second-order valence-corrected chi connectivity index (χ2v) is 2.69. The number of para-hydroxylation sites is 1. The maximum absolute atomic E-state index is 9.37. The van der Waals surface area contributed by atoms with Crippen LogP contribution in [0.1, 0.15) is 5.56 Å². The van der Waals surface area contributed by atoms with Crippen molar-refractivity contribution in [2.24, 2.45) is 0 Å². The molecule has 0 fully saturated rings. The highest BCUT2D eigenvalue weighted by molar-refractivity contribution is 5.75. The molecule has 0 amide bonds. The number of nitrogens with one attached hydrogen (secondary N) is 1. The summed E-state index contributed by atoms with van der Waals surface area (Å²) in [6, 6.07) is 5.21. The predicted octanol–water partition coefficient (Wildman–Crippen LogP) is 1.15. The van der Waals surface area contributed by atoms with Crippen LogP contribution in [0.15, 0.2) is 24.3 Å². The first-order valence-electron chi connectivity index (χ1n) is 3.72. The molecule has 1 aliphatic heterocycles. The van der Waals surface area contributed by atoms with Crippen molar-refractivity contribution in [3.05, 3.63) is 29.8 Å². The third-order valence-corrected chi connectivity index (χ3v) is 1.82. The summed E-state index contributed by atoms with van der Waals surface area (Å²) in [5.41, 5.74) is 1.48. The quantitative estimate of drug-likeness (QED) is 0.503. The van der Waals surface area contributed by atoms with Crippen molar-refractivity contribution in [3.8, 4) is 5.75 Å². The van der Waals surface area contributed by atoms with E-state index in [0.29, 0.717) is 5.69 Å². The second kappa shape index (κ2) is 2.53. The summed E-state index contributed by atoms with van der Waals surface area (Å²) >= 11 is 0. The maximum atomic E-state index is 9.37. The van der Waals surface area contributed by atoms with Crippen molar-refractivity contribution in [2.75, 3.05) is 5.32 Å². The number of benzene rings is 1. The summed E-state index contributed by atoms with van der Waals surface area (Å²) in [4.78, 5) is 0. The molecule has 3 N–H and O–H groups in total. The Balaban J connectivity index is 2.53. The lowest BCUT2D eigenvalue weighted by Gasteiger charge is -2.18. The standard InChI is InChI=1S/C9H9NO2/c11-7-3-1-2-6-4-5-8(12)10-9(6)7/h1-5,8,10-12H. The van der Waals surface area contributed by atoms with Crippen molar-refractivity contribution in [2.45, 2.75) is 6.23 Å². The third-order valence-electron chi connectivity index (χ3n) is 1.82. The molecule has 0 saturated carbocycles. The lowest BCUT2D eigenvalue weighted by molar-refractivity contribution is 0.251. The van der Waals surface area contributed by atoms with E-state index < -0.39 is 6.23 Å². The Labute approximate surface area is 70.0 Å². The molecule has 12 heavy (non-hydrogen) atoms. The molecule has 1 aliphatic rings. The molecule has 1 heterocycles. The molecule has 0 saturated heterocycles. The fraction of sp³-hybridized carbons (Fsp3) is 0.111. The topological polar surface area (TPSA) is 52.5 Å². The number of hydrogen-bond acceptors (Lipinski definition) is 3. The number of anilines is 1. The van der Waals surface area contributed by atoms with Gasteiger partial charge in [-0.1, -0.05) is 18.2 Å². The minimum atomic E-state index is -0.703. The van der Waals surface area contributed by atoms with Gasteiger partial charge in [-0.2, -0.15) is 0 Å². The number of rotatable bonds is 0. The van der Waals surface area contributed by atoms with Gasteiger partial charge in [-0.05, 0) is 12.1 Å². The molecule has 1 unspecified atom stereocenters. The van der Waals surface area contributed by atoms with Gasteiger partial charge >= 0.3 is 0 Å². The Hall–Kier alpha value is -1.48. The van der Waals surface area contributed by atoms with Crippen LogP contribution >= 0.6 is 0 Å². The van der Waals surface area contributed by atoms with Gasteiger partial charge in [0.05, 0.1) is 5.69 Å². The second-order valence-electron chi connectivity index (χ2n) is 2.69. The molecule has 0 aliphatic carbocycles. The molecule has 1 aromatic carbocycles. The van der Waals surface area contributed by atoms with Gasteiger partial charge in [0.25, 0.3) is 0 Å². The van der Waals surface area contributed by atoms with Gasteiger partial charge in [-0.25, -0.2) is 0 Å². The average Bonchev–Trinajstić information content (AvgIpc) is 2.07.